The van der Waals surface area contributed by atoms with Crippen LogP contribution < -0.4 is 5.73 Å². The first-order valence-electron chi connectivity index (χ1n) is 7.68. The zero-order valence-electron chi connectivity index (χ0n) is 14.0. The Balaban J connectivity index is 2.04. The van der Waals surface area contributed by atoms with Crippen molar-refractivity contribution in [2.24, 2.45) is 9.98 Å². The summed E-state index contributed by atoms with van der Waals surface area (Å²) in [5, 5.41) is 0. The van der Waals surface area contributed by atoms with Gasteiger partial charge >= 0.3 is 0 Å². The Morgan fingerprint density at radius 3 is 2.52 bits per heavy atom. The fourth-order valence-electron chi connectivity index (χ4n) is 2.17. The molecule has 0 saturated carbocycles. The third kappa shape index (κ3) is 3.89. The summed E-state index contributed by atoms with van der Waals surface area (Å²) in [5.41, 5.74) is 9.55. The van der Waals surface area contributed by atoms with Gasteiger partial charge in [0.05, 0.1) is 11.4 Å². The number of aromatic nitrogens is 4. The van der Waals surface area contributed by atoms with Crippen LogP contribution in [0.3, 0.4) is 0 Å². The largest absolute Gasteiger partial charge is 0.382 e. The van der Waals surface area contributed by atoms with Crippen LogP contribution >= 0.6 is 0 Å². The van der Waals surface area contributed by atoms with Crippen molar-refractivity contribution < 1.29 is 0 Å². The van der Waals surface area contributed by atoms with Crippen molar-refractivity contribution in [3.63, 3.8) is 0 Å². The van der Waals surface area contributed by atoms with Gasteiger partial charge in [-0.15, -0.1) is 0 Å². The summed E-state index contributed by atoms with van der Waals surface area (Å²) in [6.07, 6.45) is 6.54. The molecule has 3 heterocycles. The van der Waals surface area contributed by atoms with E-state index in [2.05, 4.69) is 29.9 Å². The normalized spacial score (nSPS) is 12.2. The maximum atomic E-state index is 6.00. The molecule has 0 saturated heterocycles. The zero-order valence-corrected chi connectivity index (χ0v) is 14.0. The minimum Gasteiger partial charge on any atom is -0.382 e. The molecule has 124 valence electrons. The van der Waals surface area contributed by atoms with E-state index in [1.54, 1.807) is 18.6 Å². The van der Waals surface area contributed by atoms with Gasteiger partial charge in [0.25, 0.3) is 0 Å². The number of nitrogen functional groups attached to an aromatic ring is 1. The van der Waals surface area contributed by atoms with Crippen molar-refractivity contribution >= 4 is 28.7 Å². The lowest BCUT2D eigenvalue weighted by Crippen LogP contribution is -2.00. The summed E-state index contributed by atoms with van der Waals surface area (Å²) in [6, 6.07) is 9.41. The summed E-state index contributed by atoms with van der Waals surface area (Å²) >= 11 is 0. The van der Waals surface area contributed by atoms with Gasteiger partial charge in [0.2, 0.25) is 0 Å². The van der Waals surface area contributed by atoms with Gasteiger partial charge in [0, 0.05) is 29.9 Å². The van der Waals surface area contributed by atoms with Gasteiger partial charge in [0.15, 0.2) is 17.3 Å². The number of hydrogen-bond acceptors (Lipinski definition) is 7. The van der Waals surface area contributed by atoms with Crippen molar-refractivity contribution in [3.05, 3.63) is 66.5 Å². The topological polar surface area (TPSA) is 102 Å². The maximum Gasteiger partial charge on any atom is 0.183 e. The van der Waals surface area contributed by atoms with E-state index in [1.807, 2.05) is 44.2 Å². The first kappa shape index (κ1) is 16.4. The molecule has 3 aromatic rings. The van der Waals surface area contributed by atoms with Crippen LogP contribution in [0.1, 0.15) is 25.1 Å². The molecule has 0 aliphatic heterocycles. The highest BCUT2D eigenvalue weighted by molar-refractivity contribution is 6.02. The molecule has 7 heteroatoms. The highest BCUT2D eigenvalue weighted by Gasteiger charge is 2.10. The molecule has 0 bridgehead atoms. The smallest absolute Gasteiger partial charge is 0.183 e. The van der Waals surface area contributed by atoms with Crippen LogP contribution in [0.5, 0.6) is 0 Å². The second-order valence-corrected chi connectivity index (χ2v) is 5.28. The number of anilines is 1. The third-order valence-electron chi connectivity index (χ3n) is 3.50. The van der Waals surface area contributed by atoms with Crippen LogP contribution in [0.4, 0.5) is 17.3 Å². The second kappa shape index (κ2) is 7.39. The number of rotatable bonds is 4. The van der Waals surface area contributed by atoms with E-state index in [9.17, 15) is 0 Å². The van der Waals surface area contributed by atoms with Gasteiger partial charge in [-0.05, 0) is 32.0 Å². The average molecular weight is 331 g/mol. The van der Waals surface area contributed by atoms with Crippen molar-refractivity contribution in [1.82, 2.24) is 19.9 Å². The molecule has 0 atom stereocenters. The molecule has 0 fully saturated rings. The van der Waals surface area contributed by atoms with E-state index >= 15 is 0 Å². The van der Waals surface area contributed by atoms with E-state index in [-0.39, 0.29) is 5.82 Å². The Morgan fingerprint density at radius 2 is 1.80 bits per heavy atom. The summed E-state index contributed by atoms with van der Waals surface area (Å²) < 4.78 is 0. The van der Waals surface area contributed by atoms with Gasteiger partial charge in [-0.2, -0.15) is 0 Å². The summed E-state index contributed by atoms with van der Waals surface area (Å²) in [7, 11) is 0. The minimum absolute atomic E-state index is 0.267. The van der Waals surface area contributed by atoms with Crippen LogP contribution in [-0.2, 0) is 0 Å². The lowest BCUT2D eigenvalue weighted by Gasteiger charge is -2.06. The number of nitrogens with two attached hydrogens (primary N) is 1. The Labute approximate surface area is 145 Å². The van der Waals surface area contributed by atoms with E-state index in [4.69, 9.17) is 5.73 Å². The predicted molar refractivity (Wildman–Crippen MR) is 98.7 cm³/mol. The molecule has 0 aliphatic carbocycles. The molecule has 3 rings (SSSR count). The number of nitrogens with zero attached hydrogens (tertiary/aromatic N) is 6. The lowest BCUT2D eigenvalue weighted by molar-refractivity contribution is 1.14. The van der Waals surface area contributed by atoms with Crippen molar-refractivity contribution in [2.45, 2.75) is 13.8 Å². The van der Waals surface area contributed by atoms with Crippen LogP contribution in [0.25, 0.3) is 0 Å². The Kier molecular flexibility index (Phi) is 4.84. The van der Waals surface area contributed by atoms with E-state index in [0.29, 0.717) is 17.2 Å². The van der Waals surface area contributed by atoms with Gasteiger partial charge < -0.3 is 5.73 Å². The van der Waals surface area contributed by atoms with Gasteiger partial charge in [0.1, 0.15) is 6.33 Å². The molecule has 3 aromatic heterocycles. The number of pyridine rings is 2. The molecule has 0 radical (unpaired) electrons. The van der Waals surface area contributed by atoms with Crippen LogP contribution in [0.15, 0.2) is 65.2 Å². The standard InChI is InChI=1S/C18H17N7/c1-12(14-6-5-8-20-10-14)25-18-16(17(19)22-11-23-18)24-13(2)15-7-3-4-9-21-15/h3-11H,1-2H3,(H2,19,22,23). The van der Waals surface area contributed by atoms with Crippen LogP contribution in [-0.4, -0.2) is 31.4 Å². The summed E-state index contributed by atoms with van der Waals surface area (Å²) in [6.45, 7) is 3.74. The monoisotopic (exact) mass is 331 g/mol. The van der Waals surface area contributed by atoms with Crippen molar-refractivity contribution in [2.75, 3.05) is 5.73 Å². The number of hydrogen-bond donors (Lipinski definition) is 1. The van der Waals surface area contributed by atoms with Crippen LogP contribution in [0, 0.1) is 0 Å². The van der Waals surface area contributed by atoms with Crippen molar-refractivity contribution in [3.8, 4) is 0 Å². The average Bonchev–Trinajstić information content (AvgIpc) is 2.66. The molecule has 7 nitrogen and oxygen atoms in total. The number of aliphatic imine (C=N–C) groups is 2. The van der Waals surface area contributed by atoms with E-state index < -0.39 is 0 Å². The van der Waals surface area contributed by atoms with Gasteiger partial charge in [-0.3, -0.25) is 9.97 Å². The van der Waals surface area contributed by atoms with Crippen molar-refractivity contribution in [1.29, 1.82) is 0 Å². The maximum absolute atomic E-state index is 6.00. The molecule has 25 heavy (non-hydrogen) atoms. The molecule has 2 N–H and O–H groups in total. The minimum atomic E-state index is 0.267. The highest BCUT2D eigenvalue weighted by Crippen LogP contribution is 2.31. The Bertz CT molecular complexity index is 919. The Hall–Kier alpha value is -3.48. The van der Waals surface area contributed by atoms with Gasteiger partial charge in [-0.1, -0.05) is 12.1 Å². The summed E-state index contributed by atoms with van der Waals surface area (Å²) in [4.78, 5) is 25.7. The van der Waals surface area contributed by atoms with Gasteiger partial charge in [-0.25, -0.2) is 20.0 Å². The van der Waals surface area contributed by atoms with E-state index in [1.165, 1.54) is 6.33 Å². The third-order valence-corrected chi connectivity index (χ3v) is 3.50. The Morgan fingerprint density at radius 1 is 0.920 bits per heavy atom. The molecular formula is C18H17N7. The molecule has 0 aliphatic rings. The summed E-state index contributed by atoms with van der Waals surface area (Å²) in [5.74, 6) is 0.673. The van der Waals surface area contributed by atoms with Crippen LogP contribution in [0.2, 0.25) is 0 Å². The quantitative estimate of drug-likeness (QED) is 0.740. The fourth-order valence-corrected chi connectivity index (χ4v) is 2.17. The predicted octanol–water partition coefficient (Wildman–Crippen LogP) is 3.13. The molecule has 0 unspecified atom stereocenters. The fraction of sp³-hybridized carbons (Fsp3) is 0.111. The lowest BCUT2D eigenvalue weighted by atomic mass is 10.2. The van der Waals surface area contributed by atoms with E-state index in [0.717, 1.165) is 17.0 Å². The molecular weight excluding hydrogens is 314 g/mol. The zero-order chi connectivity index (χ0) is 17.6. The first-order chi connectivity index (χ1) is 12.1. The molecule has 0 amide bonds. The molecule has 0 aromatic carbocycles. The second-order valence-electron chi connectivity index (χ2n) is 5.28. The molecule has 0 spiro atoms. The first-order valence-corrected chi connectivity index (χ1v) is 7.68. The highest BCUT2D eigenvalue weighted by atomic mass is 15.0. The SMILES string of the molecule is CC(=Nc1ncnc(N)c1N=C(C)c1ccccn1)c1cccnc1.